The molecule has 1 aromatic rings. The minimum atomic E-state index is -3.62. The van der Waals surface area contributed by atoms with Gasteiger partial charge in [-0.3, -0.25) is 9.59 Å². The first-order chi connectivity index (χ1) is 14.3. The summed E-state index contributed by atoms with van der Waals surface area (Å²) in [6.45, 7) is 5.17. The molecule has 0 saturated carbocycles. The van der Waals surface area contributed by atoms with Crippen molar-refractivity contribution in [2.75, 3.05) is 26.2 Å². The van der Waals surface area contributed by atoms with Crippen LogP contribution in [0.1, 0.15) is 44.6 Å². The number of sulfonamides is 1. The van der Waals surface area contributed by atoms with Crippen LogP contribution in [0.15, 0.2) is 41.3 Å². The number of piperazine rings is 1. The van der Waals surface area contributed by atoms with Gasteiger partial charge < -0.3 is 10.0 Å². The molecular formula is C22H30N2O5S. The Morgan fingerprint density at radius 1 is 1.03 bits per heavy atom. The average Bonchev–Trinajstić information content (AvgIpc) is 2.78. The highest BCUT2D eigenvalue weighted by Gasteiger charge is 2.38. The van der Waals surface area contributed by atoms with E-state index in [1.54, 1.807) is 23.1 Å². The summed E-state index contributed by atoms with van der Waals surface area (Å²) in [5, 5.41) is 9.41. The van der Waals surface area contributed by atoms with Crippen molar-refractivity contribution < 1.29 is 23.1 Å². The van der Waals surface area contributed by atoms with Gasteiger partial charge in [-0.2, -0.15) is 4.31 Å². The lowest BCUT2D eigenvalue weighted by atomic mass is 9.82. The maximum absolute atomic E-state index is 13.0. The largest absolute Gasteiger partial charge is 0.481 e. The van der Waals surface area contributed by atoms with E-state index in [4.69, 9.17) is 0 Å². The van der Waals surface area contributed by atoms with E-state index < -0.39 is 27.8 Å². The lowest BCUT2D eigenvalue weighted by Gasteiger charge is -2.37. The van der Waals surface area contributed by atoms with E-state index in [1.165, 1.54) is 4.31 Å². The summed E-state index contributed by atoms with van der Waals surface area (Å²) in [5.74, 6) is -2.07. The molecule has 1 saturated heterocycles. The lowest BCUT2D eigenvalue weighted by Crippen LogP contribution is -2.53. The molecule has 30 heavy (non-hydrogen) atoms. The zero-order chi connectivity index (χ0) is 21.9. The van der Waals surface area contributed by atoms with Crippen LogP contribution in [0.2, 0.25) is 0 Å². The Labute approximate surface area is 178 Å². The van der Waals surface area contributed by atoms with Crippen LogP contribution >= 0.6 is 0 Å². The number of aliphatic carboxylic acids is 1. The minimum absolute atomic E-state index is 0.193. The number of hydrogen-bond acceptors (Lipinski definition) is 4. The van der Waals surface area contributed by atoms with Gasteiger partial charge >= 0.3 is 5.97 Å². The summed E-state index contributed by atoms with van der Waals surface area (Å²) in [5.41, 5.74) is 1.11. The molecule has 3 atom stereocenters. The number of carboxylic acids is 1. The summed E-state index contributed by atoms with van der Waals surface area (Å²) >= 11 is 0. The summed E-state index contributed by atoms with van der Waals surface area (Å²) in [6.07, 6.45) is 5.41. The molecule has 1 amide bonds. The van der Waals surface area contributed by atoms with Crippen LogP contribution in [0, 0.1) is 11.8 Å². The molecule has 0 spiro atoms. The summed E-state index contributed by atoms with van der Waals surface area (Å²) in [6, 6.07) is 7.03. The van der Waals surface area contributed by atoms with Gasteiger partial charge in [0.05, 0.1) is 16.7 Å². The number of hydrogen-bond donors (Lipinski definition) is 1. The Hall–Kier alpha value is -2.19. The second-order valence-corrected chi connectivity index (χ2v) is 10.0. The molecule has 1 N–H and O–H groups in total. The quantitative estimate of drug-likeness (QED) is 0.695. The molecule has 0 aromatic heterocycles. The first kappa shape index (κ1) is 22.5. The first-order valence-electron chi connectivity index (χ1n) is 10.5. The molecule has 0 bridgehead atoms. The third-order valence-electron chi connectivity index (χ3n) is 6.32. The first-order valence-corrected chi connectivity index (χ1v) is 12.0. The lowest BCUT2D eigenvalue weighted by molar-refractivity contribution is -0.151. The molecule has 1 aliphatic heterocycles. The monoisotopic (exact) mass is 434 g/mol. The van der Waals surface area contributed by atoms with Gasteiger partial charge in [-0.1, -0.05) is 38.1 Å². The summed E-state index contributed by atoms with van der Waals surface area (Å²) in [7, 11) is -3.62. The Bertz CT molecular complexity index is 902. The van der Waals surface area contributed by atoms with Gasteiger partial charge in [-0.05, 0) is 42.9 Å². The number of carbonyl (C=O) groups is 2. The second-order valence-electron chi connectivity index (χ2n) is 8.10. The minimum Gasteiger partial charge on any atom is -0.481 e. The number of carbonyl (C=O) groups excluding carboxylic acids is 1. The molecule has 3 unspecified atom stereocenters. The highest BCUT2D eigenvalue weighted by molar-refractivity contribution is 7.89. The molecule has 1 fully saturated rings. The number of rotatable bonds is 6. The van der Waals surface area contributed by atoms with E-state index >= 15 is 0 Å². The third kappa shape index (κ3) is 4.59. The standard InChI is InChI=1S/C22H30N2O5S/c1-3-16(2)17-8-10-18(11-9-17)30(28,29)24-14-12-23(13-15-24)21(25)19-6-4-5-7-20(19)22(26)27/h4-5,8-11,16,19-20H,3,6-7,12-15H2,1-2H3,(H,26,27). The zero-order valence-electron chi connectivity index (χ0n) is 17.5. The van der Waals surface area contributed by atoms with Gasteiger partial charge in [0, 0.05) is 26.2 Å². The fourth-order valence-electron chi connectivity index (χ4n) is 4.10. The maximum atomic E-state index is 13.0. The number of amides is 1. The molecule has 164 valence electrons. The van der Waals surface area contributed by atoms with E-state index in [-0.39, 0.29) is 37.0 Å². The molecular weight excluding hydrogens is 404 g/mol. The zero-order valence-corrected chi connectivity index (χ0v) is 18.3. The molecule has 1 aromatic carbocycles. The van der Waals surface area contributed by atoms with Gasteiger partial charge in [0.25, 0.3) is 0 Å². The van der Waals surface area contributed by atoms with Crippen LogP contribution in [-0.2, 0) is 19.6 Å². The van der Waals surface area contributed by atoms with Crippen molar-refractivity contribution in [2.45, 2.75) is 43.9 Å². The Balaban J connectivity index is 1.65. The van der Waals surface area contributed by atoms with Gasteiger partial charge in [0.1, 0.15) is 0 Å². The maximum Gasteiger partial charge on any atom is 0.307 e. The second kappa shape index (κ2) is 9.31. The van der Waals surface area contributed by atoms with E-state index in [9.17, 15) is 23.1 Å². The Morgan fingerprint density at radius 2 is 1.60 bits per heavy atom. The number of carboxylic acid groups (broad SMARTS) is 1. The van der Waals surface area contributed by atoms with Crippen molar-refractivity contribution in [3.63, 3.8) is 0 Å². The van der Waals surface area contributed by atoms with Crippen LogP contribution in [-0.4, -0.2) is 60.8 Å². The highest BCUT2D eigenvalue weighted by atomic mass is 32.2. The van der Waals surface area contributed by atoms with Gasteiger partial charge in [0.2, 0.25) is 15.9 Å². The fraction of sp³-hybridized carbons (Fsp3) is 0.545. The van der Waals surface area contributed by atoms with Crippen molar-refractivity contribution in [1.82, 2.24) is 9.21 Å². The van der Waals surface area contributed by atoms with Crippen LogP contribution in [0.25, 0.3) is 0 Å². The van der Waals surface area contributed by atoms with Crippen molar-refractivity contribution in [1.29, 1.82) is 0 Å². The molecule has 1 aliphatic carbocycles. The van der Waals surface area contributed by atoms with Crippen molar-refractivity contribution in [2.24, 2.45) is 11.8 Å². The normalized spacial score (nSPS) is 23.9. The van der Waals surface area contributed by atoms with Gasteiger partial charge in [0.15, 0.2) is 0 Å². The van der Waals surface area contributed by atoms with Crippen LogP contribution in [0.3, 0.4) is 0 Å². The van der Waals surface area contributed by atoms with E-state index in [0.29, 0.717) is 18.8 Å². The predicted molar refractivity (Wildman–Crippen MR) is 113 cm³/mol. The van der Waals surface area contributed by atoms with E-state index in [0.717, 1.165) is 12.0 Å². The topological polar surface area (TPSA) is 95.0 Å². The fourth-order valence-corrected chi connectivity index (χ4v) is 5.52. The molecule has 0 radical (unpaired) electrons. The Kier molecular flexibility index (Phi) is 6.98. The summed E-state index contributed by atoms with van der Waals surface area (Å²) in [4.78, 5) is 26.2. The van der Waals surface area contributed by atoms with Gasteiger partial charge in [-0.25, -0.2) is 8.42 Å². The molecule has 3 rings (SSSR count). The number of benzene rings is 1. The van der Waals surface area contributed by atoms with E-state index in [1.807, 2.05) is 18.2 Å². The van der Waals surface area contributed by atoms with Crippen molar-refractivity contribution in [3.8, 4) is 0 Å². The highest BCUT2D eigenvalue weighted by Crippen LogP contribution is 2.29. The predicted octanol–water partition coefficient (Wildman–Crippen LogP) is 2.70. The smallest absolute Gasteiger partial charge is 0.307 e. The number of nitrogens with zero attached hydrogens (tertiary/aromatic N) is 2. The summed E-state index contributed by atoms with van der Waals surface area (Å²) < 4.78 is 27.4. The van der Waals surface area contributed by atoms with Crippen LogP contribution in [0.5, 0.6) is 0 Å². The molecule has 8 heteroatoms. The average molecular weight is 435 g/mol. The number of allylic oxidation sites excluding steroid dienone is 2. The SMILES string of the molecule is CCC(C)c1ccc(S(=O)(=O)N2CCN(C(=O)C3CC=CCC3C(=O)O)CC2)cc1. The van der Waals surface area contributed by atoms with Crippen LogP contribution < -0.4 is 0 Å². The van der Waals surface area contributed by atoms with Crippen molar-refractivity contribution in [3.05, 3.63) is 42.0 Å². The molecule has 2 aliphatic rings. The van der Waals surface area contributed by atoms with Gasteiger partial charge in [-0.15, -0.1) is 0 Å². The Morgan fingerprint density at radius 3 is 2.13 bits per heavy atom. The third-order valence-corrected chi connectivity index (χ3v) is 8.23. The van der Waals surface area contributed by atoms with Crippen molar-refractivity contribution >= 4 is 21.9 Å². The van der Waals surface area contributed by atoms with E-state index in [2.05, 4.69) is 13.8 Å². The molecule has 1 heterocycles. The molecule has 7 nitrogen and oxygen atoms in total. The van der Waals surface area contributed by atoms with Crippen LogP contribution in [0.4, 0.5) is 0 Å².